The standard InChI is InChI=1S/C13H11F3OS2/c1-8-2-4-9(5-3-8)11(17)10(13(14,15)16)12-18-6-7-19-12/h2-5H,6-7H2,1H3. The van der Waals surface area contributed by atoms with E-state index in [1.165, 1.54) is 12.1 Å². The smallest absolute Gasteiger partial charge is 0.289 e. The van der Waals surface area contributed by atoms with Crippen LogP contribution >= 0.6 is 23.5 Å². The summed E-state index contributed by atoms with van der Waals surface area (Å²) in [4.78, 5) is 12.1. The third kappa shape index (κ3) is 3.36. The fraction of sp³-hybridized carbons (Fsp3) is 0.308. The average molecular weight is 304 g/mol. The molecule has 0 atom stereocenters. The summed E-state index contributed by atoms with van der Waals surface area (Å²) < 4.78 is 39.3. The number of alkyl halides is 3. The Bertz CT molecular complexity index is 510. The Morgan fingerprint density at radius 1 is 1.11 bits per heavy atom. The zero-order valence-corrected chi connectivity index (χ0v) is 11.7. The van der Waals surface area contributed by atoms with Crippen molar-refractivity contribution in [2.45, 2.75) is 13.1 Å². The molecule has 0 saturated carbocycles. The maximum Gasteiger partial charge on any atom is 0.421 e. The number of hydrogen-bond acceptors (Lipinski definition) is 3. The van der Waals surface area contributed by atoms with Gasteiger partial charge in [-0.2, -0.15) is 13.2 Å². The van der Waals surface area contributed by atoms with Crippen molar-refractivity contribution in [1.82, 2.24) is 0 Å². The number of hydrogen-bond donors (Lipinski definition) is 0. The first kappa shape index (κ1) is 14.5. The molecule has 0 amide bonds. The first-order chi connectivity index (χ1) is 8.89. The van der Waals surface area contributed by atoms with Crippen molar-refractivity contribution >= 4 is 29.3 Å². The van der Waals surface area contributed by atoms with E-state index in [0.717, 1.165) is 29.1 Å². The molecule has 1 heterocycles. The van der Waals surface area contributed by atoms with Gasteiger partial charge in [-0.3, -0.25) is 4.79 Å². The van der Waals surface area contributed by atoms with Gasteiger partial charge in [0.05, 0.1) is 4.24 Å². The molecule has 1 fully saturated rings. The predicted molar refractivity (Wildman–Crippen MR) is 73.5 cm³/mol. The van der Waals surface area contributed by atoms with Crippen LogP contribution in [0.15, 0.2) is 34.1 Å². The molecular weight excluding hydrogens is 293 g/mol. The Morgan fingerprint density at radius 3 is 2.11 bits per heavy atom. The van der Waals surface area contributed by atoms with E-state index in [4.69, 9.17) is 0 Å². The molecule has 0 bridgehead atoms. The second-order valence-electron chi connectivity index (χ2n) is 4.05. The maximum absolute atomic E-state index is 13.1. The summed E-state index contributed by atoms with van der Waals surface area (Å²) in [7, 11) is 0. The Morgan fingerprint density at radius 2 is 1.63 bits per heavy atom. The second kappa shape index (κ2) is 5.63. The number of rotatable bonds is 2. The van der Waals surface area contributed by atoms with Crippen molar-refractivity contribution in [3.8, 4) is 0 Å². The van der Waals surface area contributed by atoms with Crippen molar-refractivity contribution in [2.75, 3.05) is 11.5 Å². The highest BCUT2D eigenvalue weighted by molar-refractivity contribution is 8.25. The van der Waals surface area contributed by atoms with Gasteiger partial charge in [-0.05, 0) is 6.92 Å². The zero-order valence-electron chi connectivity index (χ0n) is 10.1. The number of carbonyl (C=O) groups is 1. The molecule has 1 aromatic carbocycles. The van der Waals surface area contributed by atoms with Crippen LogP contribution < -0.4 is 0 Å². The molecule has 2 rings (SSSR count). The van der Waals surface area contributed by atoms with E-state index in [1.54, 1.807) is 12.1 Å². The lowest BCUT2D eigenvalue weighted by Gasteiger charge is -2.13. The molecule has 1 nitrogen and oxygen atoms in total. The highest BCUT2D eigenvalue weighted by atomic mass is 32.2. The summed E-state index contributed by atoms with van der Waals surface area (Å²) in [5.41, 5.74) is -0.0373. The molecule has 0 unspecified atom stereocenters. The minimum atomic E-state index is -4.61. The van der Waals surface area contributed by atoms with Gasteiger partial charge in [-0.25, -0.2) is 0 Å². The van der Waals surface area contributed by atoms with Crippen LogP contribution in [0.2, 0.25) is 0 Å². The quantitative estimate of drug-likeness (QED) is 0.594. The molecule has 0 spiro atoms. The van der Waals surface area contributed by atoms with E-state index in [-0.39, 0.29) is 9.80 Å². The van der Waals surface area contributed by atoms with E-state index >= 15 is 0 Å². The lowest BCUT2D eigenvalue weighted by Crippen LogP contribution is -2.21. The number of carbonyl (C=O) groups excluding carboxylic acids is 1. The number of Topliss-reactive ketones (excluding diaryl/α,β-unsaturated/α-hetero) is 1. The Hall–Kier alpha value is -0.880. The zero-order chi connectivity index (χ0) is 14.0. The molecule has 6 heteroatoms. The van der Waals surface area contributed by atoms with E-state index < -0.39 is 17.5 Å². The summed E-state index contributed by atoms with van der Waals surface area (Å²) in [5, 5.41) is 0. The van der Waals surface area contributed by atoms with Gasteiger partial charge in [0.1, 0.15) is 5.57 Å². The Labute approximate surface area is 117 Å². The van der Waals surface area contributed by atoms with Crippen LogP contribution in [-0.2, 0) is 0 Å². The monoisotopic (exact) mass is 304 g/mol. The highest BCUT2D eigenvalue weighted by Crippen LogP contribution is 2.44. The van der Waals surface area contributed by atoms with Gasteiger partial charge in [0.25, 0.3) is 0 Å². The molecule has 1 saturated heterocycles. The third-order valence-electron chi connectivity index (χ3n) is 2.58. The summed E-state index contributed by atoms with van der Waals surface area (Å²) in [6.45, 7) is 1.82. The SMILES string of the molecule is Cc1ccc(C(=O)C(=C2SCCS2)C(F)(F)F)cc1. The van der Waals surface area contributed by atoms with Crippen molar-refractivity contribution < 1.29 is 18.0 Å². The van der Waals surface area contributed by atoms with Gasteiger partial charge in [-0.15, -0.1) is 23.5 Å². The van der Waals surface area contributed by atoms with Gasteiger partial charge in [0.2, 0.25) is 0 Å². The fourth-order valence-corrected chi connectivity index (χ4v) is 4.22. The molecule has 0 aromatic heterocycles. The van der Waals surface area contributed by atoms with Crippen LogP contribution in [0.1, 0.15) is 15.9 Å². The third-order valence-corrected chi connectivity index (χ3v) is 5.29. The average Bonchev–Trinajstić information content (AvgIpc) is 2.81. The van der Waals surface area contributed by atoms with Gasteiger partial charge >= 0.3 is 6.18 Å². The molecule has 0 aliphatic carbocycles. The van der Waals surface area contributed by atoms with Gasteiger partial charge in [0, 0.05) is 17.1 Å². The topological polar surface area (TPSA) is 17.1 Å². The van der Waals surface area contributed by atoms with Crippen LogP contribution in [0, 0.1) is 6.92 Å². The molecule has 1 aliphatic heterocycles. The summed E-state index contributed by atoms with van der Waals surface area (Å²) >= 11 is 2.21. The van der Waals surface area contributed by atoms with Crippen LogP contribution in [0.3, 0.4) is 0 Å². The minimum absolute atomic E-state index is 0.0820. The molecular formula is C13H11F3OS2. The summed E-state index contributed by atoms with van der Waals surface area (Å²) in [6.07, 6.45) is -4.61. The number of benzene rings is 1. The molecule has 102 valence electrons. The predicted octanol–water partition coefficient (Wildman–Crippen LogP) is 4.43. The number of halogens is 3. The maximum atomic E-state index is 13.1. The van der Waals surface area contributed by atoms with Crippen LogP contribution in [0.5, 0.6) is 0 Å². The Balaban J connectivity index is 2.42. The van der Waals surface area contributed by atoms with E-state index in [1.807, 2.05) is 6.92 Å². The first-order valence-corrected chi connectivity index (χ1v) is 7.55. The van der Waals surface area contributed by atoms with E-state index in [0.29, 0.717) is 11.5 Å². The lowest BCUT2D eigenvalue weighted by molar-refractivity contribution is -0.0887. The van der Waals surface area contributed by atoms with Gasteiger partial charge in [0.15, 0.2) is 5.78 Å². The van der Waals surface area contributed by atoms with Crippen molar-refractivity contribution in [2.24, 2.45) is 0 Å². The van der Waals surface area contributed by atoms with Crippen LogP contribution in [0.4, 0.5) is 13.2 Å². The fourth-order valence-electron chi connectivity index (χ4n) is 1.64. The van der Waals surface area contributed by atoms with Gasteiger partial charge < -0.3 is 0 Å². The summed E-state index contributed by atoms with van der Waals surface area (Å²) in [6, 6.07) is 6.16. The summed E-state index contributed by atoms with van der Waals surface area (Å²) in [5.74, 6) is 0.283. The number of thioether (sulfide) groups is 2. The van der Waals surface area contributed by atoms with Crippen LogP contribution in [-0.4, -0.2) is 23.5 Å². The van der Waals surface area contributed by atoms with E-state index in [2.05, 4.69) is 0 Å². The molecule has 19 heavy (non-hydrogen) atoms. The molecule has 1 aromatic rings. The molecule has 0 N–H and O–H groups in total. The minimum Gasteiger partial charge on any atom is -0.289 e. The van der Waals surface area contributed by atoms with E-state index in [9.17, 15) is 18.0 Å². The second-order valence-corrected chi connectivity index (χ2v) is 6.52. The highest BCUT2D eigenvalue weighted by Gasteiger charge is 2.42. The lowest BCUT2D eigenvalue weighted by atomic mass is 10.0. The number of allylic oxidation sites excluding steroid dienone is 1. The van der Waals surface area contributed by atoms with Gasteiger partial charge in [-0.1, -0.05) is 29.8 Å². The molecule has 1 aliphatic rings. The molecule has 0 radical (unpaired) electrons. The number of ketones is 1. The number of aryl methyl sites for hydroxylation is 1. The van der Waals surface area contributed by atoms with Crippen molar-refractivity contribution in [3.05, 3.63) is 45.2 Å². The largest absolute Gasteiger partial charge is 0.421 e. The van der Waals surface area contributed by atoms with Crippen LogP contribution in [0.25, 0.3) is 0 Å². The Kier molecular flexibility index (Phi) is 4.30. The first-order valence-electron chi connectivity index (χ1n) is 5.58. The van der Waals surface area contributed by atoms with Crippen molar-refractivity contribution in [3.63, 3.8) is 0 Å². The van der Waals surface area contributed by atoms with Crippen molar-refractivity contribution in [1.29, 1.82) is 0 Å². The normalized spacial score (nSPS) is 15.7.